The molecule has 4 nitrogen and oxygen atoms in total. The summed E-state index contributed by atoms with van der Waals surface area (Å²) in [5.74, 6) is 0.836. The third kappa shape index (κ3) is 4.26. The number of carbonyl (C=O) groups is 1. The van der Waals surface area contributed by atoms with Crippen molar-refractivity contribution in [3.05, 3.63) is 41.3 Å². The van der Waals surface area contributed by atoms with Crippen molar-refractivity contribution in [2.75, 3.05) is 17.8 Å². The molecule has 0 saturated carbocycles. The summed E-state index contributed by atoms with van der Waals surface area (Å²) in [7, 11) is 0. The maximum Gasteiger partial charge on any atom is 0.260 e. The van der Waals surface area contributed by atoms with Gasteiger partial charge in [0.2, 0.25) is 0 Å². The number of hydrogen-bond donors (Lipinski definition) is 1. The Morgan fingerprint density at radius 1 is 1.09 bits per heavy atom. The van der Waals surface area contributed by atoms with Crippen molar-refractivity contribution in [2.45, 2.75) is 36.6 Å². The second kappa shape index (κ2) is 7.84. The number of aryl methyl sites for hydroxylation is 1. The summed E-state index contributed by atoms with van der Waals surface area (Å²) in [6, 6.07) is 7.78. The Morgan fingerprint density at radius 2 is 1.74 bits per heavy atom. The normalized spacial score (nSPS) is 10.9. The molecule has 1 heterocycles. The fourth-order valence-corrected chi connectivity index (χ4v) is 3.14. The Bertz CT molecular complexity index is 700. The van der Waals surface area contributed by atoms with Crippen LogP contribution in [-0.4, -0.2) is 28.4 Å². The summed E-state index contributed by atoms with van der Waals surface area (Å²) in [4.78, 5) is 22.8. The molecule has 0 aliphatic rings. The molecule has 0 aliphatic carbocycles. The van der Waals surface area contributed by atoms with Gasteiger partial charge in [0, 0.05) is 16.5 Å². The lowest BCUT2D eigenvalue weighted by Crippen LogP contribution is -2.17. The van der Waals surface area contributed by atoms with Gasteiger partial charge in [0.25, 0.3) is 5.91 Å². The zero-order valence-corrected chi connectivity index (χ0v) is 15.6. The second-order valence-corrected chi connectivity index (χ2v) is 7.06. The number of anilines is 1. The average Bonchev–Trinajstić information content (AvgIpc) is 2.54. The van der Waals surface area contributed by atoms with E-state index < -0.39 is 0 Å². The van der Waals surface area contributed by atoms with Crippen LogP contribution in [0.4, 0.5) is 5.69 Å². The van der Waals surface area contributed by atoms with Crippen molar-refractivity contribution >= 4 is 35.1 Å². The van der Waals surface area contributed by atoms with Crippen LogP contribution in [0.5, 0.6) is 0 Å². The van der Waals surface area contributed by atoms with Crippen LogP contribution < -0.4 is 5.32 Å². The minimum atomic E-state index is -0.168. The van der Waals surface area contributed by atoms with Gasteiger partial charge < -0.3 is 5.32 Å². The Labute approximate surface area is 145 Å². The molecule has 2 rings (SSSR count). The zero-order chi connectivity index (χ0) is 17.0. The molecule has 0 fully saturated rings. The first-order valence-electron chi connectivity index (χ1n) is 7.34. The highest BCUT2D eigenvalue weighted by atomic mass is 32.2. The van der Waals surface area contributed by atoms with Gasteiger partial charge in [-0.25, -0.2) is 9.97 Å². The molecule has 0 spiro atoms. The number of benzene rings is 1. The summed E-state index contributed by atoms with van der Waals surface area (Å²) >= 11 is 3.14. The number of aromatic nitrogens is 2. The van der Waals surface area contributed by atoms with Crippen molar-refractivity contribution in [2.24, 2.45) is 0 Å². The summed E-state index contributed by atoms with van der Waals surface area (Å²) < 4.78 is 0. The Balaban J connectivity index is 2.30. The van der Waals surface area contributed by atoms with Gasteiger partial charge >= 0.3 is 0 Å². The lowest BCUT2D eigenvalue weighted by atomic mass is 10.1. The second-order valence-electron chi connectivity index (χ2n) is 5.39. The van der Waals surface area contributed by atoms with Gasteiger partial charge in [-0.05, 0) is 43.7 Å². The van der Waals surface area contributed by atoms with Gasteiger partial charge in [-0.1, -0.05) is 13.8 Å². The lowest BCUT2D eigenvalue weighted by Gasteiger charge is -2.13. The van der Waals surface area contributed by atoms with E-state index in [0.29, 0.717) is 11.3 Å². The topological polar surface area (TPSA) is 54.9 Å². The van der Waals surface area contributed by atoms with Gasteiger partial charge in [0.15, 0.2) is 0 Å². The first-order chi connectivity index (χ1) is 11.0. The third-order valence-electron chi connectivity index (χ3n) is 3.36. The highest BCUT2D eigenvalue weighted by Crippen LogP contribution is 2.24. The fraction of sp³-hybridized carbons (Fsp3) is 0.353. The molecular weight excluding hydrogens is 326 g/mol. The first kappa shape index (κ1) is 17.8. The largest absolute Gasteiger partial charge is 0.322 e. The van der Waals surface area contributed by atoms with Crippen LogP contribution in [0.15, 0.2) is 34.2 Å². The van der Waals surface area contributed by atoms with E-state index in [-0.39, 0.29) is 11.8 Å². The summed E-state index contributed by atoms with van der Waals surface area (Å²) in [6.45, 7) is 5.96. The smallest absolute Gasteiger partial charge is 0.260 e. The van der Waals surface area contributed by atoms with Gasteiger partial charge in [0.05, 0.1) is 11.3 Å². The van der Waals surface area contributed by atoms with Crippen molar-refractivity contribution in [1.29, 1.82) is 0 Å². The predicted molar refractivity (Wildman–Crippen MR) is 98.8 cm³/mol. The molecule has 0 saturated heterocycles. The van der Waals surface area contributed by atoms with E-state index in [1.807, 2.05) is 57.5 Å². The van der Waals surface area contributed by atoms with Crippen LogP contribution in [-0.2, 0) is 0 Å². The van der Waals surface area contributed by atoms with Crippen molar-refractivity contribution in [1.82, 2.24) is 9.97 Å². The summed E-state index contributed by atoms with van der Waals surface area (Å²) in [6.07, 6.45) is 3.95. The van der Waals surface area contributed by atoms with Crippen LogP contribution in [0, 0.1) is 6.92 Å². The minimum Gasteiger partial charge on any atom is -0.322 e. The molecule has 2 aromatic rings. The number of amides is 1. The molecule has 0 bridgehead atoms. The third-order valence-corrected chi connectivity index (χ3v) is 4.78. The van der Waals surface area contributed by atoms with E-state index >= 15 is 0 Å². The number of nitrogens with one attached hydrogen (secondary N) is 1. The average molecular weight is 348 g/mol. The minimum absolute atomic E-state index is 0.168. The van der Waals surface area contributed by atoms with Crippen LogP contribution in [0.2, 0.25) is 0 Å². The van der Waals surface area contributed by atoms with Crippen molar-refractivity contribution in [3.63, 3.8) is 0 Å². The Hall–Kier alpha value is -1.53. The van der Waals surface area contributed by atoms with Gasteiger partial charge in [0.1, 0.15) is 10.9 Å². The first-order valence-corrected chi connectivity index (χ1v) is 9.79. The maximum atomic E-state index is 12.6. The molecule has 1 aromatic heterocycles. The summed E-state index contributed by atoms with van der Waals surface area (Å²) in [5, 5.41) is 3.65. The standard InChI is InChI=1S/C17H21N3OS2/c1-10(2)15-18-11(3)14(17(20-15)23-5)16(21)19-12-6-8-13(22-4)9-7-12/h6-10H,1-5H3,(H,19,21). The van der Waals surface area contributed by atoms with Gasteiger partial charge in [-0.15, -0.1) is 23.5 Å². The highest BCUT2D eigenvalue weighted by molar-refractivity contribution is 7.98. The Morgan fingerprint density at radius 3 is 2.26 bits per heavy atom. The molecule has 1 aromatic carbocycles. The fourth-order valence-electron chi connectivity index (χ4n) is 2.10. The lowest BCUT2D eigenvalue weighted by molar-refractivity contribution is 0.102. The molecule has 1 N–H and O–H groups in total. The number of rotatable bonds is 5. The molecule has 0 radical (unpaired) electrons. The molecule has 6 heteroatoms. The van der Waals surface area contributed by atoms with Crippen LogP contribution >= 0.6 is 23.5 Å². The van der Waals surface area contributed by atoms with E-state index in [0.717, 1.165) is 21.4 Å². The van der Waals surface area contributed by atoms with E-state index in [1.165, 1.54) is 11.8 Å². The number of carbonyl (C=O) groups excluding carboxylic acids is 1. The van der Waals surface area contributed by atoms with E-state index in [4.69, 9.17) is 0 Å². The molecule has 122 valence electrons. The van der Waals surface area contributed by atoms with Crippen LogP contribution in [0.3, 0.4) is 0 Å². The van der Waals surface area contributed by atoms with Gasteiger partial charge in [-0.2, -0.15) is 0 Å². The molecule has 0 aliphatic heterocycles. The van der Waals surface area contributed by atoms with Gasteiger partial charge in [-0.3, -0.25) is 4.79 Å². The number of hydrogen-bond acceptors (Lipinski definition) is 5. The molecular formula is C17H21N3OS2. The number of thioether (sulfide) groups is 2. The summed E-state index contributed by atoms with van der Waals surface area (Å²) in [5.41, 5.74) is 2.04. The van der Waals surface area contributed by atoms with Crippen molar-refractivity contribution in [3.8, 4) is 0 Å². The van der Waals surface area contributed by atoms with Crippen LogP contribution in [0.1, 0.15) is 41.6 Å². The Kier molecular flexibility index (Phi) is 6.07. The van der Waals surface area contributed by atoms with E-state index in [1.54, 1.807) is 11.8 Å². The van der Waals surface area contributed by atoms with E-state index in [9.17, 15) is 4.79 Å². The molecule has 1 amide bonds. The quantitative estimate of drug-likeness (QED) is 0.632. The molecule has 0 atom stereocenters. The monoisotopic (exact) mass is 347 g/mol. The SMILES string of the molecule is CSc1ccc(NC(=O)c2c(C)nc(C(C)C)nc2SC)cc1. The maximum absolute atomic E-state index is 12.6. The molecule has 0 unspecified atom stereocenters. The van der Waals surface area contributed by atoms with E-state index in [2.05, 4.69) is 15.3 Å². The predicted octanol–water partition coefficient (Wildman–Crippen LogP) is 4.60. The highest BCUT2D eigenvalue weighted by Gasteiger charge is 2.19. The zero-order valence-electron chi connectivity index (χ0n) is 14.0. The molecule has 23 heavy (non-hydrogen) atoms. The number of nitrogens with zero attached hydrogens (tertiary/aromatic N) is 2. The van der Waals surface area contributed by atoms with Crippen molar-refractivity contribution < 1.29 is 4.79 Å². The van der Waals surface area contributed by atoms with Crippen LogP contribution in [0.25, 0.3) is 0 Å².